The van der Waals surface area contributed by atoms with E-state index in [2.05, 4.69) is 126 Å². The molecular formula is C44H48N16O5S5. The van der Waals surface area contributed by atoms with Gasteiger partial charge in [-0.1, -0.05) is 58.9 Å². The molecule has 26 heteroatoms. The van der Waals surface area contributed by atoms with Crippen molar-refractivity contribution in [3.05, 3.63) is 217 Å². The van der Waals surface area contributed by atoms with Gasteiger partial charge in [0, 0.05) is 67.1 Å². The molecule has 0 aromatic carbocycles. The first kappa shape index (κ1) is 59.7. The van der Waals surface area contributed by atoms with E-state index in [0.717, 1.165) is 25.8 Å². The van der Waals surface area contributed by atoms with Crippen molar-refractivity contribution in [3.63, 3.8) is 0 Å². The molecule has 10 aromatic heterocycles. The van der Waals surface area contributed by atoms with Crippen molar-refractivity contribution >= 4 is 81.9 Å². The average Bonchev–Trinajstić information content (AvgIpc) is 4.33. The Bertz CT molecular complexity index is 1710. The number of thiazole rings is 1. The van der Waals surface area contributed by atoms with Gasteiger partial charge in [-0.2, -0.15) is 25.9 Å². The summed E-state index contributed by atoms with van der Waals surface area (Å²) >= 11 is 7.62. The fraction of sp³-hybridized carbons (Fsp3) is 0.0909. The second kappa shape index (κ2) is 56.8. The van der Waals surface area contributed by atoms with E-state index in [9.17, 15) is 0 Å². The maximum absolute atomic E-state index is 4.58. The third kappa shape index (κ3) is 54.0. The third-order valence-electron chi connectivity index (χ3n) is 5.54. The molecule has 4 aliphatic rings. The molecule has 0 fully saturated rings. The fourth-order valence-electron chi connectivity index (χ4n) is 2.94. The molecule has 364 valence electrons. The zero-order chi connectivity index (χ0) is 49.5. The van der Waals surface area contributed by atoms with Crippen LogP contribution < -0.4 is 0 Å². The van der Waals surface area contributed by atoms with Gasteiger partial charge in [0.2, 0.25) is 19.2 Å². The zero-order valence-electron chi connectivity index (χ0n) is 37.2. The van der Waals surface area contributed by atoms with Crippen molar-refractivity contribution in [1.82, 2.24) is 59.4 Å². The monoisotopic (exact) mass is 1040 g/mol. The third-order valence-corrected chi connectivity index (χ3v) is 8.08. The molecular weight excluding hydrogens is 993 g/mol. The maximum Gasteiger partial charge on any atom is 0.213 e. The highest BCUT2D eigenvalue weighted by Gasteiger charge is 1.76. The van der Waals surface area contributed by atoms with E-state index in [1.54, 1.807) is 113 Å². The van der Waals surface area contributed by atoms with Crippen molar-refractivity contribution < 1.29 is 22.3 Å². The molecule has 0 amide bonds. The zero-order valence-corrected chi connectivity index (χ0v) is 41.2. The van der Waals surface area contributed by atoms with Crippen molar-refractivity contribution in [1.29, 1.82) is 0 Å². The van der Waals surface area contributed by atoms with E-state index in [0.29, 0.717) is 0 Å². The van der Waals surface area contributed by atoms with Gasteiger partial charge in [-0.3, -0.25) is 15.0 Å². The summed E-state index contributed by atoms with van der Waals surface area (Å²) < 4.78 is 29.4. The molecule has 0 saturated heterocycles. The number of aromatic nitrogens is 12. The van der Waals surface area contributed by atoms with Crippen LogP contribution in [-0.4, -0.2) is 90.8 Å². The Kier molecular flexibility index (Phi) is 48.5. The largest absolute Gasteiger partial charge is 0.473 e. The Morgan fingerprint density at radius 1 is 0.429 bits per heavy atom. The van der Waals surface area contributed by atoms with E-state index in [1.807, 2.05) is 76.3 Å². The lowest BCUT2D eigenvalue weighted by molar-refractivity contribution is 0.416. The Morgan fingerprint density at radius 3 is 1.46 bits per heavy atom. The number of thiophene rings is 1. The van der Waals surface area contributed by atoms with E-state index in [4.69, 9.17) is 0 Å². The van der Waals surface area contributed by atoms with Gasteiger partial charge in [0.15, 0.2) is 12.7 Å². The lowest BCUT2D eigenvalue weighted by atomic mass is 10.5. The molecule has 0 radical (unpaired) electrons. The minimum absolute atomic E-state index is 0.889. The normalized spacial score (nSPS) is 10.7. The van der Waals surface area contributed by atoms with Crippen LogP contribution in [-0.2, 0) is 0 Å². The number of furan rings is 1. The average molecular weight is 1040 g/mol. The summed E-state index contributed by atoms with van der Waals surface area (Å²) in [4.78, 5) is 22.0. The van der Waals surface area contributed by atoms with Gasteiger partial charge in [0.1, 0.15) is 35.4 Å². The van der Waals surface area contributed by atoms with Crippen LogP contribution in [0.5, 0.6) is 0 Å². The van der Waals surface area contributed by atoms with Crippen molar-refractivity contribution in [2.75, 3.05) is 6.54 Å². The number of oxazole rings is 1. The highest BCUT2D eigenvalue weighted by molar-refractivity contribution is 7.08. The highest BCUT2D eigenvalue weighted by Crippen LogP contribution is 1.93. The molecule has 3 aliphatic heterocycles. The molecule has 0 N–H and O–H groups in total. The van der Waals surface area contributed by atoms with E-state index in [1.165, 1.54) is 85.2 Å². The van der Waals surface area contributed by atoms with Crippen LogP contribution in [0.2, 0.25) is 0 Å². The lowest BCUT2D eigenvalue weighted by Gasteiger charge is -1.60. The topological polar surface area (TPSA) is 270 Å². The van der Waals surface area contributed by atoms with Crippen LogP contribution in [0.1, 0.15) is 19.3 Å². The molecule has 1 aliphatic carbocycles. The van der Waals surface area contributed by atoms with E-state index < -0.39 is 0 Å². The number of nitrogens with zero attached hydrogens (tertiary/aromatic N) is 16. The summed E-state index contributed by atoms with van der Waals surface area (Å²) in [6.07, 6.45) is 47.4. The second-order valence-electron chi connectivity index (χ2n) is 10.5. The van der Waals surface area contributed by atoms with Gasteiger partial charge >= 0.3 is 0 Å². The van der Waals surface area contributed by atoms with Crippen molar-refractivity contribution in [2.45, 2.75) is 19.3 Å². The number of hydrogen-bond donors (Lipinski definition) is 0. The standard InChI is InChI=1S/C5H6.2C4H5N.C4H4O.C4H4S.C3H4N2.2C3H3NO.2C3H3NS.2C2H2N2O.2C2H2N2S/c6*1-2-4-5-3-1;1-2-5-3-4-1;1-2-4-5-3-1;1-2-5-3-4-1;1-2-4-5-3-1;1-3-4-2-5-1;1-3-2-5-4-1;1-3-4-2-5-1;1-3-2-5-4-1/h1-4H,5H2;1,3-4H,2H2;1-3H,4H2;2*1-4H;2-3H,1H2;4*1-3H;4*1-2H. The first-order valence-corrected chi connectivity index (χ1v) is 24.2. The van der Waals surface area contributed by atoms with Crippen LogP contribution in [0.15, 0.2) is 259 Å². The molecule has 0 unspecified atom stereocenters. The molecule has 70 heavy (non-hydrogen) atoms. The molecule has 0 bridgehead atoms. The van der Waals surface area contributed by atoms with Crippen LogP contribution in [0, 0.1) is 0 Å². The number of rotatable bonds is 0. The second-order valence-corrected chi connectivity index (χ2v) is 14.0. The van der Waals surface area contributed by atoms with Crippen LogP contribution in [0.3, 0.4) is 0 Å². The van der Waals surface area contributed by atoms with Crippen LogP contribution in [0.4, 0.5) is 0 Å². The quantitative estimate of drug-likeness (QED) is 0.136. The molecule has 13 heterocycles. The summed E-state index contributed by atoms with van der Waals surface area (Å²) in [6.45, 7) is 0.889. The molecule has 10 aromatic rings. The van der Waals surface area contributed by atoms with E-state index in [-0.39, 0.29) is 0 Å². The predicted octanol–water partition coefficient (Wildman–Crippen LogP) is 11.4. The van der Waals surface area contributed by atoms with Gasteiger partial charge in [-0.15, -0.1) is 43.1 Å². The minimum Gasteiger partial charge on any atom is -0.473 e. The molecule has 0 spiro atoms. The lowest BCUT2D eigenvalue weighted by Crippen LogP contribution is -1.60. The predicted molar refractivity (Wildman–Crippen MR) is 278 cm³/mol. The van der Waals surface area contributed by atoms with Gasteiger partial charge in [-0.25, -0.2) is 19.3 Å². The molecule has 21 nitrogen and oxygen atoms in total. The number of hydrogen-bond acceptors (Lipinski definition) is 26. The maximum atomic E-state index is 4.58. The summed E-state index contributed by atoms with van der Waals surface area (Å²) in [5.74, 6) is 0. The Morgan fingerprint density at radius 2 is 1.26 bits per heavy atom. The highest BCUT2D eigenvalue weighted by atomic mass is 32.1. The summed E-state index contributed by atoms with van der Waals surface area (Å²) in [7, 11) is 0. The van der Waals surface area contributed by atoms with Gasteiger partial charge < -0.3 is 22.3 Å². The van der Waals surface area contributed by atoms with Gasteiger partial charge in [0.05, 0.1) is 37.0 Å². The number of aliphatic imine (C=N–C) groups is 2. The number of allylic oxidation sites excluding steroid dienone is 6. The first-order valence-electron chi connectivity index (χ1n) is 19.7. The summed E-state index contributed by atoms with van der Waals surface area (Å²) in [5.41, 5.74) is 6.83. The SMILES string of the molecule is C1=CCC=C1.C1=CCN=C1.C1=CN=CC1.C1=NN=CC1.c1ccoc1.c1ccsc1.c1cnoc1.c1cnsc1.c1cocn1.c1cscn1.c1ncon1.c1ncsn1.c1nnco1.c1nncs1. The van der Waals surface area contributed by atoms with Crippen molar-refractivity contribution in [2.24, 2.45) is 20.2 Å². The van der Waals surface area contributed by atoms with Gasteiger partial charge in [-0.05, 0) is 70.6 Å². The van der Waals surface area contributed by atoms with Crippen LogP contribution >= 0.6 is 57.1 Å². The fourth-order valence-corrected chi connectivity index (χ4v) is 4.64. The molecule has 0 atom stereocenters. The first-order chi connectivity index (χ1) is 35.0. The summed E-state index contributed by atoms with van der Waals surface area (Å²) in [5, 5.41) is 35.2. The van der Waals surface area contributed by atoms with Crippen molar-refractivity contribution in [3.8, 4) is 0 Å². The van der Waals surface area contributed by atoms with E-state index >= 15 is 0 Å². The summed E-state index contributed by atoms with van der Waals surface area (Å²) in [6, 6.07) is 11.3. The molecule has 0 saturated carbocycles. The Balaban J connectivity index is 0.000000377. The Labute approximate surface area is 424 Å². The van der Waals surface area contributed by atoms with Crippen LogP contribution in [0.25, 0.3) is 0 Å². The van der Waals surface area contributed by atoms with Gasteiger partial charge in [0.25, 0.3) is 0 Å². The smallest absolute Gasteiger partial charge is 0.213 e. The molecule has 14 rings (SSSR count). The minimum atomic E-state index is 0.889. The Hall–Kier alpha value is -8.30.